The van der Waals surface area contributed by atoms with Gasteiger partial charge in [0.1, 0.15) is 5.82 Å². The Kier molecular flexibility index (Phi) is 5.26. The number of nitrogens with one attached hydrogen (secondary N) is 1. The molecular formula is C18H29FN2. The average molecular weight is 292 g/mol. The SMILES string of the molecule is CCCNC(C)c1ccc(N2CCC(C)(C)CC2)c(F)c1. The largest absolute Gasteiger partial charge is 0.369 e. The summed E-state index contributed by atoms with van der Waals surface area (Å²) >= 11 is 0. The molecule has 1 atom stereocenters. The second-order valence-corrected chi connectivity index (χ2v) is 7.04. The molecule has 0 aromatic heterocycles. The first-order chi connectivity index (χ1) is 9.93. The third-order valence-electron chi connectivity index (χ3n) is 4.63. The second-order valence-electron chi connectivity index (χ2n) is 7.04. The van der Waals surface area contributed by atoms with Crippen molar-refractivity contribution in [3.63, 3.8) is 0 Å². The number of hydrogen-bond acceptors (Lipinski definition) is 2. The predicted octanol–water partition coefficient (Wildman–Crippen LogP) is 4.51. The Bertz CT molecular complexity index is 460. The summed E-state index contributed by atoms with van der Waals surface area (Å²) in [6.45, 7) is 11.7. The molecule has 0 radical (unpaired) electrons. The Hall–Kier alpha value is -1.09. The van der Waals surface area contributed by atoms with Gasteiger partial charge in [0.2, 0.25) is 0 Å². The first kappa shape index (κ1) is 16.3. The van der Waals surface area contributed by atoms with Crippen LogP contribution < -0.4 is 10.2 Å². The molecule has 21 heavy (non-hydrogen) atoms. The lowest BCUT2D eigenvalue weighted by molar-refractivity contribution is 0.279. The molecular weight excluding hydrogens is 263 g/mol. The predicted molar refractivity (Wildman–Crippen MR) is 88.3 cm³/mol. The fourth-order valence-corrected chi connectivity index (χ4v) is 2.88. The molecule has 1 saturated heterocycles. The van der Waals surface area contributed by atoms with Crippen molar-refractivity contribution in [3.05, 3.63) is 29.6 Å². The maximum atomic E-state index is 14.4. The number of piperidine rings is 1. The minimum atomic E-state index is -0.0858. The van der Waals surface area contributed by atoms with Gasteiger partial charge in [0.25, 0.3) is 0 Å². The van der Waals surface area contributed by atoms with Crippen LogP contribution in [0.15, 0.2) is 18.2 Å². The fraction of sp³-hybridized carbons (Fsp3) is 0.667. The molecule has 1 aromatic carbocycles. The zero-order chi connectivity index (χ0) is 15.5. The first-order valence-corrected chi connectivity index (χ1v) is 8.21. The van der Waals surface area contributed by atoms with Crippen LogP contribution in [0.25, 0.3) is 0 Å². The molecule has 0 spiro atoms. The van der Waals surface area contributed by atoms with E-state index in [9.17, 15) is 4.39 Å². The lowest BCUT2D eigenvalue weighted by atomic mass is 9.82. The molecule has 0 saturated carbocycles. The summed E-state index contributed by atoms with van der Waals surface area (Å²) in [6, 6.07) is 5.91. The molecule has 1 aliphatic rings. The Morgan fingerprint density at radius 3 is 2.52 bits per heavy atom. The lowest BCUT2D eigenvalue weighted by Crippen LogP contribution is -2.37. The van der Waals surface area contributed by atoms with Crippen LogP contribution in [-0.4, -0.2) is 19.6 Å². The molecule has 3 heteroatoms. The van der Waals surface area contributed by atoms with Crippen molar-refractivity contribution in [1.82, 2.24) is 5.32 Å². The number of nitrogens with zero attached hydrogens (tertiary/aromatic N) is 1. The van der Waals surface area contributed by atoms with E-state index in [1.54, 1.807) is 6.07 Å². The van der Waals surface area contributed by atoms with E-state index in [4.69, 9.17) is 0 Å². The van der Waals surface area contributed by atoms with Gasteiger partial charge >= 0.3 is 0 Å². The van der Waals surface area contributed by atoms with Crippen molar-refractivity contribution in [1.29, 1.82) is 0 Å². The van der Waals surface area contributed by atoms with Gasteiger partial charge in [0, 0.05) is 19.1 Å². The summed E-state index contributed by atoms with van der Waals surface area (Å²) in [5.41, 5.74) is 2.19. The monoisotopic (exact) mass is 292 g/mol. The summed E-state index contributed by atoms with van der Waals surface area (Å²) in [6.07, 6.45) is 3.35. The van der Waals surface area contributed by atoms with Crippen LogP contribution in [-0.2, 0) is 0 Å². The van der Waals surface area contributed by atoms with Crippen LogP contribution in [0.4, 0.5) is 10.1 Å². The molecule has 0 bridgehead atoms. The highest BCUT2D eigenvalue weighted by atomic mass is 19.1. The Morgan fingerprint density at radius 1 is 1.29 bits per heavy atom. The highest BCUT2D eigenvalue weighted by molar-refractivity contribution is 5.50. The standard InChI is InChI=1S/C18H29FN2/c1-5-10-20-14(2)15-6-7-17(16(19)13-15)21-11-8-18(3,4)9-12-21/h6-7,13-14,20H,5,8-12H2,1-4H3. The van der Waals surface area contributed by atoms with Gasteiger partial charge in [0.05, 0.1) is 5.69 Å². The molecule has 1 aromatic rings. The van der Waals surface area contributed by atoms with E-state index in [1.807, 2.05) is 6.07 Å². The Morgan fingerprint density at radius 2 is 1.95 bits per heavy atom. The normalized spacial score (nSPS) is 19.6. The van der Waals surface area contributed by atoms with Gasteiger partial charge in [-0.1, -0.05) is 26.8 Å². The van der Waals surface area contributed by atoms with E-state index in [1.165, 1.54) is 0 Å². The molecule has 0 amide bonds. The molecule has 2 nitrogen and oxygen atoms in total. The van der Waals surface area contributed by atoms with Crippen molar-refractivity contribution < 1.29 is 4.39 Å². The minimum absolute atomic E-state index is 0.0858. The zero-order valence-corrected chi connectivity index (χ0v) is 13.9. The van der Waals surface area contributed by atoms with E-state index in [-0.39, 0.29) is 11.9 Å². The highest BCUT2D eigenvalue weighted by Gasteiger charge is 2.26. The molecule has 1 unspecified atom stereocenters. The van der Waals surface area contributed by atoms with E-state index in [0.29, 0.717) is 5.41 Å². The minimum Gasteiger partial charge on any atom is -0.369 e. The highest BCUT2D eigenvalue weighted by Crippen LogP contribution is 2.33. The molecule has 1 N–H and O–H groups in total. The van der Waals surface area contributed by atoms with Crippen molar-refractivity contribution in [2.24, 2.45) is 5.41 Å². The topological polar surface area (TPSA) is 15.3 Å². The molecule has 1 fully saturated rings. The lowest BCUT2D eigenvalue weighted by Gasteiger charge is -2.38. The molecule has 1 heterocycles. The summed E-state index contributed by atoms with van der Waals surface area (Å²) < 4.78 is 14.4. The Balaban J connectivity index is 2.06. The summed E-state index contributed by atoms with van der Waals surface area (Å²) in [4.78, 5) is 2.19. The first-order valence-electron chi connectivity index (χ1n) is 8.21. The summed E-state index contributed by atoms with van der Waals surface area (Å²) in [7, 11) is 0. The van der Waals surface area contributed by atoms with Crippen molar-refractivity contribution in [2.45, 2.75) is 53.0 Å². The molecule has 0 aliphatic carbocycles. The number of anilines is 1. The van der Waals surface area contributed by atoms with E-state index in [0.717, 1.165) is 50.1 Å². The van der Waals surface area contributed by atoms with E-state index in [2.05, 4.69) is 44.0 Å². The van der Waals surface area contributed by atoms with Gasteiger partial charge in [-0.05, 0) is 55.8 Å². The van der Waals surface area contributed by atoms with Gasteiger partial charge in [-0.3, -0.25) is 0 Å². The average Bonchev–Trinajstić information content (AvgIpc) is 2.45. The van der Waals surface area contributed by atoms with Crippen LogP contribution in [0.2, 0.25) is 0 Å². The van der Waals surface area contributed by atoms with Gasteiger partial charge in [0.15, 0.2) is 0 Å². The number of rotatable bonds is 5. The number of halogens is 1. The van der Waals surface area contributed by atoms with Gasteiger partial charge in [-0.2, -0.15) is 0 Å². The quantitative estimate of drug-likeness (QED) is 0.859. The smallest absolute Gasteiger partial charge is 0.146 e. The second kappa shape index (κ2) is 6.78. The Labute approximate surface area is 128 Å². The van der Waals surface area contributed by atoms with Crippen LogP contribution >= 0.6 is 0 Å². The van der Waals surface area contributed by atoms with Crippen LogP contribution in [0.3, 0.4) is 0 Å². The van der Waals surface area contributed by atoms with Crippen molar-refractivity contribution >= 4 is 5.69 Å². The van der Waals surface area contributed by atoms with Gasteiger partial charge in [-0.25, -0.2) is 4.39 Å². The molecule has 2 rings (SSSR count). The van der Waals surface area contributed by atoms with E-state index >= 15 is 0 Å². The number of hydrogen-bond donors (Lipinski definition) is 1. The van der Waals surface area contributed by atoms with Crippen molar-refractivity contribution in [2.75, 3.05) is 24.5 Å². The van der Waals surface area contributed by atoms with Crippen LogP contribution in [0, 0.1) is 11.2 Å². The van der Waals surface area contributed by atoms with Gasteiger partial charge in [-0.15, -0.1) is 0 Å². The molecule has 118 valence electrons. The molecule has 1 aliphatic heterocycles. The maximum Gasteiger partial charge on any atom is 0.146 e. The van der Waals surface area contributed by atoms with Crippen LogP contribution in [0.1, 0.15) is 58.6 Å². The fourth-order valence-electron chi connectivity index (χ4n) is 2.88. The van der Waals surface area contributed by atoms with Crippen LogP contribution in [0.5, 0.6) is 0 Å². The summed E-state index contributed by atoms with van der Waals surface area (Å²) in [5.74, 6) is -0.0858. The van der Waals surface area contributed by atoms with Crippen molar-refractivity contribution in [3.8, 4) is 0 Å². The maximum absolute atomic E-state index is 14.4. The third kappa shape index (κ3) is 4.19. The summed E-state index contributed by atoms with van der Waals surface area (Å²) in [5, 5.41) is 3.41. The zero-order valence-electron chi connectivity index (χ0n) is 13.9. The third-order valence-corrected chi connectivity index (χ3v) is 4.63. The van der Waals surface area contributed by atoms with E-state index < -0.39 is 0 Å². The van der Waals surface area contributed by atoms with Gasteiger partial charge < -0.3 is 10.2 Å². The number of benzene rings is 1.